The average Bonchev–Trinajstić information content (AvgIpc) is 3.37. The van der Waals surface area contributed by atoms with Crippen molar-refractivity contribution in [2.24, 2.45) is 11.8 Å². The lowest BCUT2D eigenvalue weighted by Gasteiger charge is -2.31. The minimum Gasteiger partial charge on any atom is -0.454 e. The number of nitrogens with one attached hydrogen (secondary N) is 1. The van der Waals surface area contributed by atoms with E-state index in [1.54, 1.807) is 11.3 Å². The maximum atomic E-state index is 13.6. The first-order chi connectivity index (χ1) is 21.8. The van der Waals surface area contributed by atoms with Crippen molar-refractivity contribution in [2.45, 2.75) is 82.6 Å². The molecule has 9 nitrogen and oxygen atoms in total. The van der Waals surface area contributed by atoms with Crippen LogP contribution >= 0.6 is 11.3 Å². The minimum atomic E-state index is -1.83. The number of ether oxygens (including phenoxy) is 2. The van der Waals surface area contributed by atoms with Crippen LogP contribution in [0.5, 0.6) is 11.5 Å². The molecule has 0 radical (unpaired) electrons. The van der Waals surface area contributed by atoms with E-state index in [0.29, 0.717) is 11.0 Å². The number of aromatic nitrogens is 1. The van der Waals surface area contributed by atoms with Gasteiger partial charge in [-0.15, -0.1) is 0 Å². The molecule has 1 amide bonds. The van der Waals surface area contributed by atoms with Crippen LogP contribution in [0.1, 0.15) is 92.3 Å². The monoisotopic (exact) mass is 633 g/mol. The molecule has 2 aliphatic heterocycles. The van der Waals surface area contributed by atoms with Crippen molar-refractivity contribution in [1.29, 1.82) is 0 Å². The number of anilines is 1. The molecule has 0 bridgehead atoms. The van der Waals surface area contributed by atoms with Crippen LogP contribution in [0.2, 0.25) is 0 Å². The smallest absolute Gasteiger partial charge is 0.454 e. The van der Waals surface area contributed by atoms with E-state index in [4.69, 9.17) is 29.5 Å². The van der Waals surface area contributed by atoms with Crippen molar-refractivity contribution < 1.29 is 29.3 Å². The number of nitrogens with zero attached hydrogens (tertiary/aromatic N) is 2. The first-order valence-electron chi connectivity index (χ1n) is 16.2. The zero-order chi connectivity index (χ0) is 31.4. The standard InChI is InChI=1S/C34H41N3O3S.CH2O3/c1-23(24-9-3-2-4-10-24)19-25-11-5-6-12-27(25)31(37-17-7-8-18-37)30-21-35-33(41-30)36-32(38)34(15-16-34)26-13-14-28-29(20-26)40-22-39-28;2-1(3)4/h5-6,11-14,20-21,23-24,31H,2-4,7-10,15-19,22H2,1H3,(H,35,36,38);(H2,2,3,4). The average molecular weight is 634 g/mol. The highest BCUT2D eigenvalue weighted by Gasteiger charge is 2.52. The molecular formula is C35H43N3O6S. The van der Waals surface area contributed by atoms with E-state index in [1.165, 1.54) is 60.9 Å². The van der Waals surface area contributed by atoms with Crippen molar-refractivity contribution in [3.05, 3.63) is 70.2 Å². The highest BCUT2D eigenvalue weighted by Crippen LogP contribution is 2.51. The molecule has 1 saturated heterocycles. The molecule has 3 heterocycles. The molecule has 2 saturated carbocycles. The predicted octanol–water partition coefficient (Wildman–Crippen LogP) is 7.71. The molecule has 2 atom stereocenters. The number of benzene rings is 2. The van der Waals surface area contributed by atoms with Crippen molar-refractivity contribution in [3.8, 4) is 11.5 Å². The highest BCUT2D eigenvalue weighted by atomic mass is 32.1. The molecule has 2 aliphatic carbocycles. The molecule has 4 aliphatic rings. The third-order valence-corrected chi connectivity index (χ3v) is 10.9. The molecule has 0 spiro atoms. The number of likely N-dealkylation sites (tertiary alicyclic amines) is 1. The fourth-order valence-corrected chi connectivity index (χ4v) is 8.35. The summed E-state index contributed by atoms with van der Waals surface area (Å²) in [6.45, 7) is 4.90. The van der Waals surface area contributed by atoms with Gasteiger partial charge in [-0.1, -0.05) is 80.7 Å². The quantitative estimate of drug-likeness (QED) is 0.219. The Kier molecular flexibility index (Phi) is 9.61. The first kappa shape index (κ1) is 31.4. The second kappa shape index (κ2) is 13.8. The zero-order valence-electron chi connectivity index (χ0n) is 25.9. The normalized spacial score (nSPS) is 20.1. The lowest BCUT2D eigenvalue weighted by molar-refractivity contribution is -0.118. The summed E-state index contributed by atoms with van der Waals surface area (Å²) >= 11 is 1.64. The number of thiazole rings is 1. The summed E-state index contributed by atoms with van der Waals surface area (Å²) in [5.41, 5.74) is 3.37. The van der Waals surface area contributed by atoms with Crippen molar-refractivity contribution in [3.63, 3.8) is 0 Å². The van der Waals surface area contributed by atoms with Gasteiger partial charge in [0.25, 0.3) is 0 Å². The maximum absolute atomic E-state index is 13.6. The summed E-state index contributed by atoms with van der Waals surface area (Å²) in [5.74, 6) is 3.03. The molecule has 3 aromatic rings. The second-order valence-corrected chi connectivity index (χ2v) is 13.9. The van der Waals surface area contributed by atoms with Gasteiger partial charge >= 0.3 is 6.16 Å². The van der Waals surface area contributed by atoms with Crippen LogP contribution < -0.4 is 14.8 Å². The number of carbonyl (C=O) groups excluding carboxylic acids is 1. The molecule has 10 heteroatoms. The minimum absolute atomic E-state index is 0.0247. The van der Waals surface area contributed by atoms with E-state index < -0.39 is 11.6 Å². The number of hydrogen-bond donors (Lipinski definition) is 3. The number of carboxylic acid groups (broad SMARTS) is 2. The lowest BCUT2D eigenvalue weighted by Crippen LogP contribution is -2.28. The Labute approximate surface area is 268 Å². The highest BCUT2D eigenvalue weighted by molar-refractivity contribution is 7.15. The predicted molar refractivity (Wildman–Crippen MR) is 173 cm³/mol. The second-order valence-electron chi connectivity index (χ2n) is 12.9. The molecule has 3 N–H and O–H groups in total. The Balaban J connectivity index is 0.000000845. The fourth-order valence-electron chi connectivity index (χ4n) is 7.39. The summed E-state index contributed by atoms with van der Waals surface area (Å²) in [6, 6.07) is 15.2. The van der Waals surface area contributed by atoms with Gasteiger partial charge in [0.2, 0.25) is 12.7 Å². The molecule has 2 aromatic carbocycles. The SMILES string of the molecule is CC(Cc1ccccc1C(c1cnc(NC(=O)C2(c3ccc4c(c3)OCO4)CC2)s1)N1CCCC1)C1CCCCC1.O=C(O)O. The van der Waals surface area contributed by atoms with Gasteiger partial charge in [0.15, 0.2) is 16.6 Å². The van der Waals surface area contributed by atoms with Gasteiger partial charge in [-0.3, -0.25) is 9.69 Å². The van der Waals surface area contributed by atoms with E-state index in [-0.39, 0.29) is 18.7 Å². The van der Waals surface area contributed by atoms with Gasteiger partial charge in [-0.25, -0.2) is 9.78 Å². The molecule has 45 heavy (non-hydrogen) atoms. The van der Waals surface area contributed by atoms with Crippen LogP contribution in [-0.4, -0.2) is 52.0 Å². The fraction of sp³-hybridized carbons (Fsp3) is 0.514. The Morgan fingerprint density at radius 3 is 2.47 bits per heavy atom. The first-order valence-corrected chi connectivity index (χ1v) is 17.1. The Morgan fingerprint density at radius 1 is 1.02 bits per heavy atom. The molecular weight excluding hydrogens is 590 g/mol. The van der Waals surface area contributed by atoms with Crippen molar-refractivity contribution in [2.75, 3.05) is 25.2 Å². The summed E-state index contributed by atoms with van der Waals surface area (Å²) in [6.07, 6.45) is 12.4. The molecule has 3 fully saturated rings. The Morgan fingerprint density at radius 2 is 1.73 bits per heavy atom. The van der Waals surface area contributed by atoms with Gasteiger partial charge < -0.3 is 25.0 Å². The number of amides is 1. The topological polar surface area (TPSA) is 121 Å². The summed E-state index contributed by atoms with van der Waals surface area (Å²) in [5, 5.41) is 17.8. The summed E-state index contributed by atoms with van der Waals surface area (Å²) < 4.78 is 11.1. The lowest BCUT2D eigenvalue weighted by atomic mass is 9.77. The third-order valence-electron chi connectivity index (χ3n) is 9.98. The Hall–Kier alpha value is -3.63. The van der Waals surface area contributed by atoms with Gasteiger partial charge in [0, 0.05) is 11.1 Å². The number of hydrogen-bond acceptors (Lipinski definition) is 7. The van der Waals surface area contributed by atoms with Gasteiger partial charge in [-0.05, 0) is 85.9 Å². The van der Waals surface area contributed by atoms with Crippen molar-refractivity contribution >= 4 is 28.5 Å². The Bertz CT molecular complexity index is 1490. The van der Waals surface area contributed by atoms with E-state index in [1.807, 2.05) is 24.4 Å². The zero-order valence-corrected chi connectivity index (χ0v) is 26.7. The van der Waals surface area contributed by atoms with E-state index in [2.05, 4.69) is 41.4 Å². The van der Waals surface area contributed by atoms with Crippen LogP contribution in [0, 0.1) is 11.8 Å². The van der Waals surface area contributed by atoms with Gasteiger partial charge in [-0.2, -0.15) is 0 Å². The van der Waals surface area contributed by atoms with Crippen LogP contribution in [0.15, 0.2) is 48.7 Å². The number of rotatable bonds is 9. The number of fused-ring (bicyclic) bond motifs is 1. The molecule has 2 unspecified atom stereocenters. The van der Waals surface area contributed by atoms with Gasteiger partial charge in [0.1, 0.15) is 0 Å². The molecule has 7 rings (SSSR count). The van der Waals surface area contributed by atoms with Crippen LogP contribution in [0.3, 0.4) is 0 Å². The summed E-state index contributed by atoms with van der Waals surface area (Å²) in [7, 11) is 0. The van der Waals surface area contributed by atoms with Crippen LogP contribution in [-0.2, 0) is 16.6 Å². The van der Waals surface area contributed by atoms with E-state index in [9.17, 15) is 4.79 Å². The van der Waals surface area contributed by atoms with Crippen LogP contribution in [0.4, 0.5) is 9.93 Å². The maximum Gasteiger partial charge on any atom is 0.503 e. The molecule has 240 valence electrons. The van der Waals surface area contributed by atoms with Crippen LogP contribution in [0.25, 0.3) is 0 Å². The summed E-state index contributed by atoms with van der Waals surface area (Å²) in [4.78, 5) is 30.7. The van der Waals surface area contributed by atoms with Gasteiger partial charge in [0.05, 0.1) is 11.5 Å². The van der Waals surface area contributed by atoms with Crippen molar-refractivity contribution in [1.82, 2.24) is 9.88 Å². The molecule has 1 aromatic heterocycles. The largest absolute Gasteiger partial charge is 0.503 e. The number of carbonyl (C=O) groups is 2. The van der Waals surface area contributed by atoms with E-state index in [0.717, 1.165) is 55.3 Å². The van der Waals surface area contributed by atoms with E-state index >= 15 is 0 Å². The third kappa shape index (κ3) is 7.12.